The van der Waals surface area contributed by atoms with Gasteiger partial charge in [-0.2, -0.15) is 0 Å². The highest BCUT2D eigenvalue weighted by molar-refractivity contribution is 5.74. The standard InChI is InChI=1S/C11H15NO3/c1-7-5-9(13)4-3-8(7)6-10(12-2)11(14)15/h3-5,10,12-13H,6H2,1-2H3,(H,14,15)/t10-/m0/s1. The third-order valence-electron chi connectivity index (χ3n) is 2.40. The van der Waals surface area contributed by atoms with Crippen LogP contribution >= 0.6 is 0 Å². The number of hydrogen-bond donors (Lipinski definition) is 3. The molecule has 3 N–H and O–H groups in total. The van der Waals surface area contributed by atoms with Crippen LogP contribution in [0.1, 0.15) is 11.1 Å². The molecule has 1 aromatic rings. The summed E-state index contributed by atoms with van der Waals surface area (Å²) in [5.41, 5.74) is 1.83. The van der Waals surface area contributed by atoms with Gasteiger partial charge in [-0.05, 0) is 43.7 Å². The van der Waals surface area contributed by atoms with Crippen molar-refractivity contribution in [2.45, 2.75) is 19.4 Å². The maximum absolute atomic E-state index is 10.8. The second-order valence-electron chi connectivity index (χ2n) is 3.49. The smallest absolute Gasteiger partial charge is 0.321 e. The first-order chi connectivity index (χ1) is 7.04. The minimum Gasteiger partial charge on any atom is -0.508 e. The monoisotopic (exact) mass is 209 g/mol. The number of rotatable bonds is 4. The van der Waals surface area contributed by atoms with Crippen LogP contribution in [0.4, 0.5) is 0 Å². The molecule has 0 unspecified atom stereocenters. The Hall–Kier alpha value is -1.55. The normalized spacial score (nSPS) is 12.4. The molecule has 4 nitrogen and oxygen atoms in total. The van der Waals surface area contributed by atoms with Crippen LogP contribution in [0.2, 0.25) is 0 Å². The average molecular weight is 209 g/mol. The zero-order valence-electron chi connectivity index (χ0n) is 8.82. The first-order valence-electron chi connectivity index (χ1n) is 4.73. The summed E-state index contributed by atoms with van der Waals surface area (Å²) in [6, 6.07) is 4.35. The number of likely N-dealkylation sites (N-methyl/N-ethyl adjacent to an activating group) is 1. The Kier molecular flexibility index (Phi) is 3.68. The van der Waals surface area contributed by atoms with Crippen LogP contribution in [0.5, 0.6) is 5.75 Å². The molecule has 0 aliphatic carbocycles. The molecule has 0 bridgehead atoms. The SMILES string of the molecule is CN[C@@H](Cc1ccc(O)cc1C)C(=O)O. The lowest BCUT2D eigenvalue weighted by molar-refractivity contribution is -0.139. The summed E-state index contributed by atoms with van der Waals surface area (Å²) < 4.78 is 0. The zero-order chi connectivity index (χ0) is 11.4. The van der Waals surface area contributed by atoms with Crippen LogP contribution < -0.4 is 5.32 Å². The fourth-order valence-electron chi connectivity index (χ4n) is 1.44. The van der Waals surface area contributed by atoms with Crippen molar-refractivity contribution in [3.05, 3.63) is 29.3 Å². The maximum Gasteiger partial charge on any atom is 0.321 e. The molecule has 0 saturated carbocycles. The summed E-state index contributed by atoms with van der Waals surface area (Å²) in [4.78, 5) is 10.8. The van der Waals surface area contributed by atoms with Crippen molar-refractivity contribution in [1.82, 2.24) is 5.32 Å². The summed E-state index contributed by atoms with van der Waals surface area (Å²) in [6.07, 6.45) is 0.415. The zero-order valence-corrected chi connectivity index (χ0v) is 8.82. The number of nitrogens with one attached hydrogen (secondary N) is 1. The van der Waals surface area contributed by atoms with Crippen LogP contribution in [0, 0.1) is 6.92 Å². The first kappa shape index (κ1) is 11.5. The molecule has 0 radical (unpaired) electrons. The van der Waals surface area contributed by atoms with Crippen molar-refractivity contribution in [2.75, 3.05) is 7.05 Å². The topological polar surface area (TPSA) is 69.6 Å². The number of aliphatic carboxylic acids is 1. The van der Waals surface area contributed by atoms with Gasteiger partial charge in [0.2, 0.25) is 0 Å². The van der Waals surface area contributed by atoms with E-state index < -0.39 is 12.0 Å². The van der Waals surface area contributed by atoms with Crippen LogP contribution in [0.15, 0.2) is 18.2 Å². The molecule has 1 aromatic carbocycles. The lowest BCUT2D eigenvalue weighted by atomic mass is 10.0. The number of phenols is 1. The number of carboxylic acid groups (broad SMARTS) is 1. The van der Waals surface area contributed by atoms with E-state index in [1.54, 1.807) is 25.2 Å². The fourth-order valence-corrected chi connectivity index (χ4v) is 1.44. The number of aromatic hydroxyl groups is 1. The number of carboxylic acids is 1. The van der Waals surface area contributed by atoms with E-state index in [0.717, 1.165) is 11.1 Å². The van der Waals surface area contributed by atoms with Crippen molar-refractivity contribution in [2.24, 2.45) is 0 Å². The van der Waals surface area contributed by atoms with E-state index in [1.807, 2.05) is 6.92 Å². The Labute approximate surface area is 88.6 Å². The van der Waals surface area contributed by atoms with Gasteiger partial charge in [-0.25, -0.2) is 0 Å². The summed E-state index contributed by atoms with van der Waals surface area (Å²) in [7, 11) is 1.62. The number of phenolic OH excluding ortho intramolecular Hbond substituents is 1. The van der Waals surface area contributed by atoms with Crippen LogP contribution in [-0.4, -0.2) is 29.3 Å². The minimum atomic E-state index is -0.870. The number of hydrogen-bond acceptors (Lipinski definition) is 3. The second-order valence-corrected chi connectivity index (χ2v) is 3.49. The molecule has 1 rings (SSSR count). The largest absolute Gasteiger partial charge is 0.508 e. The van der Waals surface area contributed by atoms with Gasteiger partial charge in [-0.15, -0.1) is 0 Å². The maximum atomic E-state index is 10.8. The van der Waals surface area contributed by atoms with Gasteiger partial charge in [0, 0.05) is 0 Å². The second kappa shape index (κ2) is 4.79. The molecule has 0 amide bonds. The van der Waals surface area contributed by atoms with E-state index in [9.17, 15) is 9.90 Å². The van der Waals surface area contributed by atoms with Gasteiger partial charge >= 0.3 is 5.97 Å². The van der Waals surface area contributed by atoms with E-state index in [0.29, 0.717) is 6.42 Å². The van der Waals surface area contributed by atoms with Gasteiger partial charge in [0.15, 0.2) is 0 Å². The van der Waals surface area contributed by atoms with Gasteiger partial charge in [0.25, 0.3) is 0 Å². The summed E-state index contributed by atoms with van der Waals surface area (Å²) in [5, 5.41) is 20.8. The highest BCUT2D eigenvalue weighted by atomic mass is 16.4. The Morgan fingerprint density at radius 2 is 2.20 bits per heavy atom. The number of carbonyl (C=O) groups is 1. The molecular weight excluding hydrogens is 194 g/mol. The molecule has 1 atom stereocenters. The number of aryl methyl sites for hydroxylation is 1. The van der Waals surface area contributed by atoms with E-state index in [2.05, 4.69) is 5.32 Å². The molecule has 0 spiro atoms. The molecule has 0 heterocycles. The Morgan fingerprint density at radius 1 is 1.53 bits per heavy atom. The van der Waals surface area contributed by atoms with Gasteiger partial charge in [0.1, 0.15) is 11.8 Å². The third kappa shape index (κ3) is 2.95. The van der Waals surface area contributed by atoms with Crippen molar-refractivity contribution in [1.29, 1.82) is 0 Å². The lowest BCUT2D eigenvalue weighted by Crippen LogP contribution is -2.35. The van der Waals surface area contributed by atoms with Crippen molar-refractivity contribution >= 4 is 5.97 Å². The van der Waals surface area contributed by atoms with Crippen molar-refractivity contribution < 1.29 is 15.0 Å². The summed E-state index contributed by atoms with van der Waals surface area (Å²) in [5.74, 6) is -0.669. The molecular formula is C11H15NO3. The Balaban J connectivity index is 2.84. The van der Waals surface area contributed by atoms with E-state index in [1.165, 1.54) is 0 Å². The molecule has 15 heavy (non-hydrogen) atoms. The highest BCUT2D eigenvalue weighted by Crippen LogP contribution is 2.17. The molecule has 0 aliphatic heterocycles. The average Bonchev–Trinajstić information content (AvgIpc) is 2.16. The summed E-state index contributed by atoms with van der Waals surface area (Å²) in [6.45, 7) is 1.85. The Bertz CT molecular complexity index is 363. The Morgan fingerprint density at radius 3 is 2.67 bits per heavy atom. The lowest BCUT2D eigenvalue weighted by Gasteiger charge is -2.13. The highest BCUT2D eigenvalue weighted by Gasteiger charge is 2.16. The predicted molar refractivity (Wildman–Crippen MR) is 57.0 cm³/mol. The fraction of sp³-hybridized carbons (Fsp3) is 0.364. The van der Waals surface area contributed by atoms with Crippen LogP contribution in [0.3, 0.4) is 0 Å². The van der Waals surface area contributed by atoms with E-state index >= 15 is 0 Å². The minimum absolute atomic E-state index is 0.201. The van der Waals surface area contributed by atoms with E-state index in [4.69, 9.17) is 5.11 Å². The van der Waals surface area contributed by atoms with Gasteiger partial charge < -0.3 is 15.5 Å². The van der Waals surface area contributed by atoms with Crippen molar-refractivity contribution in [3.63, 3.8) is 0 Å². The third-order valence-corrected chi connectivity index (χ3v) is 2.40. The van der Waals surface area contributed by atoms with Crippen molar-refractivity contribution in [3.8, 4) is 5.75 Å². The van der Waals surface area contributed by atoms with Crippen LogP contribution in [0.25, 0.3) is 0 Å². The molecule has 0 aromatic heterocycles. The molecule has 0 aliphatic rings. The predicted octanol–water partition coefficient (Wildman–Crippen LogP) is 0.916. The molecule has 0 saturated heterocycles. The van der Waals surface area contributed by atoms with Crippen LogP contribution in [-0.2, 0) is 11.2 Å². The van der Waals surface area contributed by atoms with Gasteiger partial charge in [0.05, 0.1) is 0 Å². The molecule has 82 valence electrons. The quantitative estimate of drug-likeness (QED) is 0.689. The van der Waals surface area contributed by atoms with Gasteiger partial charge in [-0.3, -0.25) is 4.79 Å². The first-order valence-corrected chi connectivity index (χ1v) is 4.73. The number of benzene rings is 1. The summed E-state index contributed by atoms with van der Waals surface area (Å²) >= 11 is 0. The molecule has 4 heteroatoms. The van der Waals surface area contributed by atoms with E-state index in [-0.39, 0.29) is 5.75 Å². The van der Waals surface area contributed by atoms with Gasteiger partial charge in [-0.1, -0.05) is 6.07 Å². The molecule has 0 fully saturated rings.